The zero-order valence-corrected chi connectivity index (χ0v) is 27.6. The van der Waals surface area contributed by atoms with Gasteiger partial charge in [0.05, 0.1) is 4.90 Å². The van der Waals surface area contributed by atoms with Gasteiger partial charge in [-0.2, -0.15) is 21.9 Å². The fourth-order valence-corrected chi connectivity index (χ4v) is 8.35. The molecule has 0 aromatic heterocycles. The third kappa shape index (κ3) is 6.90. The van der Waals surface area contributed by atoms with Gasteiger partial charge in [-0.1, -0.05) is 86.5 Å². The number of benzene rings is 4. The average Bonchev–Trinajstić information content (AvgIpc) is 2.91. The predicted molar refractivity (Wildman–Crippen MR) is 161 cm³/mol. The van der Waals surface area contributed by atoms with Crippen molar-refractivity contribution in [2.75, 3.05) is 0 Å². The Balaban J connectivity index is 1.78. The number of hydrogen-bond acceptors (Lipinski definition) is 4. The molecule has 0 atom stereocenters. The predicted octanol–water partition coefficient (Wildman–Crippen LogP) is 7.21. The molecule has 0 saturated heterocycles. The molecule has 0 aliphatic rings. The lowest BCUT2D eigenvalue weighted by Gasteiger charge is -2.25. The Labute approximate surface area is 265 Å². The number of rotatable bonds is 10. The fourth-order valence-electron chi connectivity index (χ4n) is 4.23. The van der Waals surface area contributed by atoms with Crippen molar-refractivity contribution in [1.29, 1.82) is 0 Å². The minimum absolute atomic E-state index is 0.121. The van der Waals surface area contributed by atoms with E-state index in [2.05, 4.69) is 31.9 Å². The van der Waals surface area contributed by atoms with Gasteiger partial charge in [0.2, 0.25) is 10.0 Å². The minimum Gasteiger partial charge on any atom is -0.320 e. The van der Waals surface area contributed by atoms with Crippen LogP contribution in [0.1, 0.15) is 22.3 Å². The van der Waals surface area contributed by atoms with Gasteiger partial charge in [-0.05, 0) is 46.2 Å². The molecule has 0 aliphatic carbocycles. The molecule has 0 bridgehead atoms. The van der Waals surface area contributed by atoms with E-state index in [-0.39, 0.29) is 16.0 Å². The van der Waals surface area contributed by atoms with Crippen molar-refractivity contribution >= 4 is 67.8 Å². The lowest BCUT2D eigenvalue weighted by Crippen LogP contribution is -2.30. The SMILES string of the molecule is O=P(O)(O)C(F)(F)c1ccc(CN(Cc2ccc(C(F)(F)P(=O)(O)O)c(Br)c2)S(=O)(=O)c2ccc3ccccc3c2)cc1Br. The number of fused-ring (bicyclic) bond motifs is 1. The summed E-state index contributed by atoms with van der Waals surface area (Å²) in [4.78, 5) is 36.3. The lowest BCUT2D eigenvalue weighted by molar-refractivity contribution is 0.0557. The van der Waals surface area contributed by atoms with E-state index in [1.807, 2.05) is 0 Å². The Morgan fingerprint density at radius 1 is 0.659 bits per heavy atom. The molecule has 44 heavy (non-hydrogen) atoms. The van der Waals surface area contributed by atoms with Crippen molar-refractivity contribution in [3.8, 4) is 0 Å². The highest BCUT2D eigenvalue weighted by Gasteiger charge is 2.52. The molecule has 0 heterocycles. The molecule has 0 amide bonds. The Hall–Kier alpha value is -1.97. The number of sulfonamides is 1. The highest BCUT2D eigenvalue weighted by molar-refractivity contribution is 9.10. The molecule has 0 radical (unpaired) electrons. The van der Waals surface area contributed by atoms with E-state index in [0.717, 1.165) is 46.1 Å². The summed E-state index contributed by atoms with van der Waals surface area (Å²) in [6, 6.07) is 17.0. The first-order chi connectivity index (χ1) is 20.2. The number of halogens is 6. The van der Waals surface area contributed by atoms with Gasteiger partial charge >= 0.3 is 26.5 Å². The summed E-state index contributed by atoms with van der Waals surface area (Å²) in [7, 11) is -16.2. The zero-order valence-electron chi connectivity index (χ0n) is 21.9. The summed E-state index contributed by atoms with van der Waals surface area (Å²) >= 11 is 5.75. The van der Waals surface area contributed by atoms with E-state index in [1.165, 1.54) is 12.1 Å². The largest absolute Gasteiger partial charge is 0.399 e. The first kappa shape index (κ1) is 34.9. The van der Waals surface area contributed by atoms with Crippen LogP contribution in [-0.4, -0.2) is 32.3 Å². The standard InChI is InChI=1S/C26H21Br2F4NO8P2S/c27-23-11-16(5-9-21(23)25(29,30)42(34,35)36)14-33(44(40,41)20-8-7-18-3-1-2-4-19(18)13-20)15-17-6-10-22(24(28)12-17)26(31,32)43(37,38)39/h1-13H,14-15H2,(H2,34,35,36)(H2,37,38,39). The van der Waals surface area contributed by atoms with E-state index in [4.69, 9.17) is 19.6 Å². The fraction of sp³-hybridized carbons (Fsp3) is 0.154. The molecule has 4 aromatic rings. The third-order valence-electron chi connectivity index (χ3n) is 6.52. The summed E-state index contributed by atoms with van der Waals surface area (Å²) < 4.78 is 108. The number of hydrogen-bond donors (Lipinski definition) is 4. The van der Waals surface area contributed by atoms with Gasteiger partial charge in [0.1, 0.15) is 0 Å². The summed E-state index contributed by atoms with van der Waals surface area (Å²) in [5, 5.41) is 1.33. The second-order valence-electron chi connectivity index (χ2n) is 9.58. The molecular weight excluding hydrogens is 784 g/mol. The van der Waals surface area contributed by atoms with Crippen molar-refractivity contribution in [1.82, 2.24) is 4.31 Å². The minimum atomic E-state index is -5.90. The Morgan fingerprint density at radius 2 is 1.09 bits per heavy atom. The smallest absolute Gasteiger partial charge is 0.320 e. The normalized spacial score (nSPS) is 13.5. The maximum atomic E-state index is 14.4. The molecule has 0 saturated carbocycles. The van der Waals surface area contributed by atoms with Crippen molar-refractivity contribution in [2.45, 2.75) is 29.3 Å². The van der Waals surface area contributed by atoms with Gasteiger partial charge in [-0.15, -0.1) is 0 Å². The molecule has 0 spiro atoms. The van der Waals surface area contributed by atoms with E-state index in [1.54, 1.807) is 30.3 Å². The molecule has 0 unspecified atom stereocenters. The van der Waals surface area contributed by atoms with E-state index in [0.29, 0.717) is 5.39 Å². The third-order valence-corrected chi connectivity index (χ3v) is 11.6. The lowest BCUT2D eigenvalue weighted by atomic mass is 10.1. The number of alkyl halides is 4. The highest BCUT2D eigenvalue weighted by Crippen LogP contribution is 2.61. The molecule has 4 rings (SSSR count). The maximum Gasteiger partial charge on any atom is 0.399 e. The molecular formula is C26H21Br2F4NO8P2S. The van der Waals surface area contributed by atoms with Crippen molar-refractivity contribution in [3.63, 3.8) is 0 Å². The van der Waals surface area contributed by atoms with Crippen molar-refractivity contribution < 1.29 is 54.7 Å². The van der Waals surface area contributed by atoms with Crippen LogP contribution in [0.4, 0.5) is 17.6 Å². The van der Waals surface area contributed by atoms with Crippen molar-refractivity contribution in [2.24, 2.45) is 0 Å². The highest BCUT2D eigenvalue weighted by atomic mass is 79.9. The Morgan fingerprint density at radius 3 is 1.50 bits per heavy atom. The van der Waals surface area contributed by atoms with E-state index >= 15 is 0 Å². The molecule has 4 aromatic carbocycles. The van der Waals surface area contributed by atoms with Gasteiger partial charge in [-0.25, -0.2) is 8.42 Å². The van der Waals surface area contributed by atoms with Crippen LogP contribution < -0.4 is 0 Å². The molecule has 9 nitrogen and oxygen atoms in total. The molecule has 0 aliphatic heterocycles. The summed E-state index contributed by atoms with van der Waals surface area (Å²) in [5.41, 5.74) is -10.9. The Bertz CT molecular complexity index is 1870. The van der Waals surface area contributed by atoms with E-state index in [9.17, 15) is 35.1 Å². The molecule has 18 heteroatoms. The van der Waals surface area contributed by atoms with Crippen molar-refractivity contribution in [3.05, 3.63) is 110 Å². The van der Waals surface area contributed by atoms with Gasteiger partial charge in [0, 0.05) is 33.2 Å². The summed E-state index contributed by atoms with van der Waals surface area (Å²) in [5.74, 6) is 0. The van der Waals surface area contributed by atoms with Crippen LogP contribution in [-0.2, 0) is 43.6 Å². The summed E-state index contributed by atoms with van der Waals surface area (Å²) in [6.45, 7) is -0.929. The summed E-state index contributed by atoms with van der Waals surface area (Å²) in [6.07, 6.45) is 0. The maximum absolute atomic E-state index is 14.4. The Kier molecular flexibility index (Phi) is 9.78. The van der Waals surface area contributed by atoms with Crippen LogP contribution in [0.3, 0.4) is 0 Å². The molecule has 4 N–H and O–H groups in total. The van der Waals surface area contributed by atoms with Crippen LogP contribution in [0.15, 0.2) is 92.7 Å². The van der Waals surface area contributed by atoms with Gasteiger partial charge < -0.3 is 19.6 Å². The van der Waals surface area contributed by atoms with Crippen LogP contribution >= 0.6 is 47.1 Å². The van der Waals surface area contributed by atoms with Crippen LogP contribution in [0.5, 0.6) is 0 Å². The van der Waals surface area contributed by atoms with Crippen LogP contribution in [0.2, 0.25) is 0 Å². The van der Waals surface area contributed by atoms with Gasteiger partial charge in [-0.3, -0.25) is 9.13 Å². The molecule has 0 fully saturated rings. The average molecular weight is 805 g/mol. The quantitative estimate of drug-likeness (QED) is 0.0970. The topological polar surface area (TPSA) is 152 Å². The first-order valence-electron chi connectivity index (χ1n) is 12.1. The monoisotopic (exact) mass is 803 g/mol. The molecule has 236 valence electrons. The zero-order chi connectivity index (χ0) is 32.9. The second-order valence-corrected chi connectivity index (χ2v) is 16.5. The van der Waals surface area contributed by atoms with Gasteiger partial charge in [0.25, 0.3) is 0 Å². The number of nitrogens with zero attached hydrogens (tertiary/aromatic N) is 1. The van der Waals surface area contributed by atoms with Crippen LogP contribution in [0, 0.1) is 0 Å². The van der Waals surface area contributed by atoms with E-state index < -0.39 is 69.7 Å². The van der Waals surface area contributed by atoms with Gasteiger partial charge in [0.15, 0.2) is 0 Å². The van der Waals surface area contributed by atoms with Crippen LogP contribution in [0.25, 0.3) is 10.8 Å². The second kappa shape index (κ2) is 12.3. The first-order valence-corrected chi connectivity index (χ1v) is 18.3.